The number of rotatable bonds is 7. The lowest BCUT2D eigenvalue weighted by Gasteiger charge is -2.27. The van der Waals surface area contributed by atoms with Crippen molar-refractivity contribution in [1.29, 1.82) is 0 Å². The Morgan fingerprint density at radius 2 is 2.00 bits per heavy atom. The molecule has 5 nitrogen and oxygen atoms in total. The van der Waals surface area contributed by atoms with Crippen molar-refractivity contribution in [2.45, 2.75) is 38.9 Å². The van der Waals surface area contributed by atoms with Crippen LogP contribution >= 0.6 is 0 Å². The van der Waals surface area contributed by atoms with Crippen LogP contribution in [0.2, 0.25) is 0 Å². The van der Waals surface area contributed by atoms with Gasteiger partial charge in [-0.05, 0) is 5.56 Å². The van der Waals surface area contributed by atoms with Crippen LogP contribution in [0, 0.1) is 5.92 Å². The predicted octanol–water partition coefficient (Wildman–Crippen LogP) is 2.48. The molecule has 1 aromatic carbocycles. The van der Waals surface area contributed by atoms with E-state index in [1.54, 1.807) is 13.8 Å². The molecular weight excluding hydrogens is 284 g/mol. The van der Waals surface area contributed by atoms with Crippen LogP contribution in [0.1, 0.15) is 32.3 Å². The van der Waals surface area contributed by atoms with E-state index >= 15 is 0 Å². The number of ether oxygens (including phenoxy) is 3. The minimum Gasteiger partial charge on any atom is -0.461 e. The molecule has 0 saturated carbocycles. The maximum absolute atomic E-state index is 11.6. The molecule has 0 radical (unpaired) electrons. The third-order valence-corrected chi connectivity index (χ3v) is 3.54. The third-order valence-electron chi connectivity index (χ3n) is 3.54. The van der Waals surface area contributed by atoms with E-state index in [-0.39, 0.29) is 31.1 Å². The summed E-state index contributed by atoms with van der Waals surface area (Å²) in [6, 6.07) is 9.75. The van der Waals surface area contributed by atoms with Gasteiger partial charge >= 0.3 is 11.9 Å². The van der Waals surface area contributed by atoms with Gasteiger partial charge < -0.3 is 14.2 Å². The number of benzene rings is 1. The van der Waals surface area contributed by atoms with Crippen LogP contribution in [0.4, 0.5) is 0 Å². The smallest absolute Gasteiger partial charge is 0.308 e. The number of hydrogen-bond donors (Lipinski definition) is 0. The summed E-state index contributed by atoms with van der Waals surface area (Å²) in [7, 11) is 0. The van der Waals surface area contributed by atoms with E-state index in [1.807, 2.05) is 30.3 Å². The molecule has 0 aliphatic carbocycles. The maximum atomic E-state index is 11.6. The van der Waals surface area contributed by atoms with E-state index < -0.39 is 5.60 Å². The highest BCUT2D eigenvalue weighted by Gasteiger charge is 2.42. The summed E-state index contributed by atoms with van der Waals surface area (Å²) in [5.41, 5.74) is 0.192. The highest BCUT2D eigenvalue weighted by molar-refractivity contribution is 5.73. The zero-order chi connectivity index (χ0) is 16.0. The van der Waals surface area contributed by atoms with Crippen molar-refractivity contribution in [2.24, 2.45) is 5.92 Å². The average Bonchev–Trinajstić information content (AvgIpc) is 2.87. The summed E-state index contributed by atoms with van der Waals surface area (Å²) in [6.07, 6.45) is 0.833. The van der Waals surface area contributed by atoms with E-state index in [0.29, 0.717) is 19.4 Å². The second kappa shape index (κ2) is 7.40. The normalized spacial score (nSPS) is 21.0. The van der Waals surface area contributed by atoms with Crippen LogP contribution in [0.3, 0.4) is 0 Å². The van der Waals surface area contributed by atoms with E-state index in [4.69, 9.17) is 14.2 Å². The molecule has 0 aromatic heterocycles. The van der Waals surface area contributed by atoms with Crippen LogP contribution in [0.15, 0.2) is 30.3 Å². The second-order valence-corrected chi connectivity index (χ2v) is 5.90. The van der Waals surface area contributed by atoms with Gasteiger partial charge in [0, 0.05) is 12.8 Å². The first-order valence-corrected chi connectivity index (χ1v) is 7.51. The Kier molecular flexibility index (Phi) is 5.55. The van der Waals surface area contributed by atoms with Gasteiger partial charge in [0.25, 0.3) is 0 Å². The van der Waals surface area contributed by atoms with Gasteiger partial charge in [0.15, 0.2) is 5.60 Å². The molecule has 1 fully saturated rings. The largest absolute Gasteiger partial charge is 0.461 e. The lowest BCUT2D eigenvalue weighted by molar-refractivity contribution is -0.171. The molecule has 1 atom stereocenters. The summed E-state index contributed by atoms with van der Waals surface area (Å²) in [5, 5.41) is 0. The Hall–Kier alpha value is -1.88. The van der Waals surface area contributed by atoms with Crippen molar-refractivity contribution < 1.29 is 23.8 Å². The molecule has 120 valence electrons. The summed E-state index contributed by atoms with van der Waals surface area (Å²) >= 11 is 0. The fraction of sp³-hybridized carbons (Fsp3) is 0.529. The summed E-state index contributed by atoms with van der Waals surface area (Å²) in [4.78, 5) is 23.1. The van der Waals surface area contributed by atoms with Gasteiger partial charge in [-0.1, -0.05) is 44.2 Å². The summed E-state index contributed by atoms with van der Waals surface area (Å²) < 4.78 is 16.3. The Morgan fingerprint density at radius 1 is 1.27 bits per heavy atom. The number of carbonyl (C=O) groups excluding carboxylic acids is 2. The topological polar surface area (TPSA) is 61.8 Å². The van der Waals surface area contributed by atoms with Gasteiger partial charge in [0.1, 0.15) is 6.61 Å². The first kappa shape index (κ1) is 16.5. The van der Waals surface area contributed by atoms with Crippen molar-refractivity contribution >= 4 is 11.9 Å². The molecule has 1 aliphatic heterocycles. The van der Waals surface area contributed by atoms with E-state index in [9.17, 15) is 9.59 Å². The molecule has 2 rings (SSSR count). The van der Waals surface area contributed by atoms with Gasteiger partial charge in [-0.2, -0.15) is 0 Å². The summed E-state index contributed by atoms with van der Waals surface area (Å²) in [5.74, 6) is -0.784. The zero-order valence-electron chi connectivity index (χ0n) is 13.0. The lowest BCUT2D eigenvalue weighted by atomic mass is 10.0. The van der Waals surface area contributed by atoms with Gasteiger partial charge in [-0.25, -0.2) is 0 Å². The van der Waals surface area contributed by atoms with Crippen LogP contribution in [-0.2, 0) is 30.4 Å². The molecule has 5 heteroatoms. The number of hydrogen-bond acceptors (Lipinski definition) is 5. The highest BCUT2D eigenvalue weighted by Crippen LogP contribution is 2.28. The zero-order valence-corrected chi connectivity index (χ0v) is 13.0. The van der Waals surface area contributed by atoms with Gasteiger partial charge in [-0.3, -0.25) is 9.59 Å². The molecule has 0 amide bonds. The molecule has 1 unspecified atom stereocenters. The van der Waals surface area contributed by atoms with Crippen LogP contribution in [0.5, 0.6) is 0 Å². The second-order valence-electron chi connectivity index (χ2n) is 5.90. The SMILES string of the molecule is CC(C)C(=O)OCC1(COCc2ccccc2)CCC(=O)O1. The third kappa shape index (κ3) is 4.56. The van der Waals surface area contributed by atoms with Gasteiger partial charge in [-0.15, -0.1) is 0 Å². The number of carbonyl (C=O) groups is 2. The summed E-state index contributed by atoms with van der Waals surface area (Å²) in [6.45, 7) is 4.23. The Balaban J connectivity index is 1.88. The molecule has 1 heterocycles. The fourth-order valence-corrected chi connectivity index (χ4v) is 2.22. The Labute approximate surface area is 130 Å². The molecule has 0 bridgehead atoms. The van der Waals surface area contributed by atoms with E-state index in [2.05, 4.69) is 0 Å². The van der Waals surface area contributed by atoms with Gasteiger partial charge in [0.2, 0.25) is 0 Å². The maximum Gasteiger partial charge on any atom is 0.308 e. The van der Waals surface area contributed by atoms with Crippen molar-refractivity contribution in [3.05, 3.63) is 35.9 Å². The van der Waals surface area contributed by atoms with E-state index in [0.717, 1.165) is 5.56 Å². The molecular formula is C17H22O5. The number of esters is 2. The molecule has 0 spiro atoms. The molecule has 1 aromatic rings. The van der Waals surface area contributed by atoms with E-state index in [1.165, 1.54) is 0 Å². The average molecular weight is 306 g/mol. The van der Waals surface area contributed by atoms with Crippen molar-refractivity contribution in [3.8, 4) is 0 Å². The lowest BCUT2D eigenvalue weighted by Crippen LogP contribution is -2.40. The molecule has 1 aliphatic rings. The number of cyclic esters (lactones) is 1. The molecule has 1 saturated heterocycles. The first-order valence-electron chi connectivity index (χ1n) is 7.51. The fourth-order valence-electron chi connectivity index (χ4n) is 2.22. The Morgan fingerprint density at radius 3 is 2.59 bits per heavy atom. The van der Waals surface area contributed by atoms with Crippen molar-refractivity contribution in [3.63, 3.8) is 0 Å². The van der Waals surface area contributed by atoms with Crippen LogP contribution in [-0.4, -0.2) is 30.8 Å². The minimum absolute atomic E-state index is 0.0462. The monoisotopic (exact) mass is 306 g/mol. The van der Waals surface area contributed by atoms with Crippen LogP contribution in [0.25, 0.3) is 0 Å². The highest BCUT2D eigenvalue weighted by atomic mass is 16.6. The first-order chi connectivity index (χ1) is 10.5. The Bertz CT molecular complexity index is 511. The predicted molar refractivity (Wildman–Crippen MR) is 80.0 cm³/mol. The van der Waals surface area contributed by atoms with Crippen molar-refractivity contribution in [2.75, 3.05) is 13.2 Å². The van der Waals surface area contributed by atoms with Crippen molar-refractivity contribution in [1.82, 2.24) is 0 Å². The molecule has 22 heavy (non-hydrogen) atoms. The standard InChI is InChI=1S/C17H22O5/c1-13(2)16(19)21-12-17(9-8-15(18)22-17)11-20-10-14-6-4-3-5-7-14/h3-7,13H,8-12H2,1-2H3. The minimum atomic E-state index is -0.851. The quantitative estimate of drug-likeness (QED) is 0.724. The molecule has 0 N–H and O–H groups in total. The van der Waals surface area contributed by atoms with Gasteiger partial charge in [0.05, 0.1) is 19.1 Å². The van der Waals surface area contributed by atoms with Crippen LogP contribution < -0.4 is 0 Å².